The molecule has 0 unspecified atom stereocenters. The van der Waals surface area contributed by atoms with Gasteiger partial charge in [0.25, 0.3) is 5.91 Å². The number of carbonyl (C=O) groups is 1. The maximum atomic E-state index is 13.5. The van der Waals surface area contributed by atoms with Crippen molar-refractivity contribution in [3.63, 3.8) is 0 Å². The zero-order valence-electron chi connectivity index (χ0n) is 17.0. The molecule has 0 saturated carbocycles. The number of aliphatic imine (C=N–C) groups is 1. The molecule has 5 rings (SSSR count). The number of hydrogen-bond acceptors (Lipinski definition) is 5. The molecule has 0 atom stereocenters. The Balaban J connectivity index is 1.38. The summed E-state index contributed by atoms with van der Waals surface area (Å²) in [5, 5.41) is 3.16. The maximum Gasteiger partial charge on any atom is 0.275 e. The van der Waals surface area contributed by atoms with E-state index in [0.717, 1.165) is 5.56 Å². The second-order valence-electron chi connectivity index (χ2n) is 7.13. The number of halogens is 2. The van der Waals surface area contributed by atoms with Crippen LogP contribution in [0.5, 0.6) is 11.5 Å². The number of amidine groups is 1. The molecule has 162 valence electrons. The lowest BCUT2D eigenvalue weighted by atomic mass is 10.2. The van der Waals surface area contributed by atoms with Crippen molar-refractivity contribution in [2.75, 3.05) is 0 Å². The van der Waals surface area contributed by atoms with Crippen LogP contribution in [-0.4, -0.2) is 16.7 Å². The van der Waals surface area contributed by atoms with E-state index in [-0.39, 0.29) is 23.3 Å². The van der Waals surface area contributed by atoms with Crippen LogP contribution < -0.4 is 10.1 Å². The highest BCUT2D eigenvalue weighted by Crippen LogP contribution is 2.26. The van der Waals surface area contributed by atoms with E-state index in [1.54, 1.807) is 60.8 Å². The highest BCUT2D eigenvalue weighted by molar-refractivity contribution is 6.30. The summed E-state index contributed by atoms with van der Waals surface area (Å²) in [7, 11) is 0. The van der Waals surface area contributed by atoms with Crippen LogP contribution in [0.25, 0.3) is 17.4 Å². The Kier molecular flexibility index (Phi) is 5.46. The molecule has 1 aliphatic rings. The van der Waals surface area contributed by atoms with Gasteiger partial charge in [0.05, 0.1) is 11.2 Å². The van der Waals surface area contributed by atoms with E-state index in [2.05, 4.69) is 15.3 Å². The molecular weight excluding hydrogens is 445 g/mol. The Hall–Kier alpha value is -4.23. The summed E-state index contributed by atoms with van der Waals surface area (Å²) in [6.07, 6.45) is 4.71. The third-order valence-corrected chi connectivity index (χ3v) is 4.93. The molecule has 1 amide bonds. The highest BCUT2D eigenvalue weighted by Gasteiger charge is 2.23. The van der Waals surface area contributed by atoms with Gasteiger partial charge in [0.1, 0.15) is 28.8 Å². The van der Waals surface area contributed by atoms with Crippen LogP contribution in [0.3, 0.4) is 0 Å². The summed E-state index contributed by atoms with van der Waals surface area (Å²) >= 11 is 5.94. The number of furan rings is 1. The molecule has 0 fully saturated rings. The number of nitrogens with zero attached hydrogens (tertiary/aromatic N) is 2. The molecule has 0 spiro atoms. The van der Waals surface area contributed by atoms with E-state index >= 15 is 0 Å². The number of ether oxygens (including phenoxy) is 1. The largest absolute Gasteiger partial charge is 0.456 e. The minimum absolute atomic E-state index is 0.218. The first-order chi connectivity index (χ1) is 16.0. The standard InChI is InChI=1S/C25H15ClFN3O3/c26-17-12-20(14-28-13-17)32-19-6-1-3-15(9-19)10-21-25(31)30-24(29-21)23-8-7-22(33-23)16-4-2-5-18(27)11-16/h1-14H,(H,29,30,31)/b21-10-. The van der Waals surface area contributed by atoms with E-state index in [0.29, 0.717) is 33.6 Å². The molecule has 6 nitrogen and oxygen atoms in total. The summed E-state index contributed by atoms with van der Waals surface area (Å²) in [5.41, 5.74) is 1.53. The fraction of sp³-hybridized carbons (Fsp3) is 0. The zero-order chi connectivity index (χ0) is 22.8. The summed E-state index contributed by atoms with van der Waals surface area (Å²) in [6.45, 7) is 0. The van der Waals surface area contributed by atoms with E-state index in [4.69, 9.17) is 20.8 Å². The third kappa shape index (κ3) is 4.68. The summed E-state index contributed by atoms with van der Waals surface area (Å²) in [4.78, 5) is 20.8. The Labute approximate surface area is 193 Å². The first kappa shape index (κ1) is 20.7. The predicted octanol–water partition coefficient (Wildman–Crippen LogP) is 5.84. The van der Waals surface area contributed by atoms with Crippen LogP contribution in [0.2, 0.25) is 5.02 Å². The molecule has 8 heteroatoms. The highest BCUT2D eigenvalue weighted by atomic mass is 35.5. The molecule has 2 aromatic heterocycles. The zero-order valence-corrected chi connectivity index (χ0v) is 17.7. The van der Waals surface area contributed by atoms with Gasteiger partial charge in [-0.15, -0.1) is 0 Å². The van der Waals surface area contributed by atoms with Gasteiger partial charge in [0.2, 0.25) is 0 Å². The first-order valence-electron chi connectivity index (χ1n) is 9.90. The molecule has 0 aliphatic carbocycles. The van der Waals surface area contributed by atoms with Crippen LogP contribution in [-0.2, 0) is 4.79 Å². The van der Waals surface area contributed by atoms with Crippen LogP contribution in [0.1, 0.15) is 11.3 Å². The molecule has 2 aromatic carbocycles. The predicted molar refractivity (Wildman–Crippen MR) is 123 cm³/mol. The SMILES string of the molecule is O=C1NC(c2ccc(-c3cccc(F)c3)o2)=N/C1=C\c1cccc(Oc2cncc(Cl)c2)c1. The van der Waals surface area contributed by atoms with Crippen LogP contribution >= 0.6 is 11.6 Å². The molecule has 3 heterocycles. The van der Waals surface area contributed by atoms with Gasteiger partial charge in [-0.05, 0) is 48.0 Å². The van der Waals surface area contributed by atoms with Gasteiger partial charge < -0.3 is 14.5 Å². The monoisotopic (exact) mass is 459 g/mol. The van der Waals surface area contributed by atoms with Gasteiger partial charge in [0.15, 0.2) is 11.6 Å². The minimum Gasteiger partial charge on any atom is -0.456 e. The fourth-order valence-corrected chi connectivity index (χ4v) is 3.42. The quantitative estimate of drug-likeness (QED) is 0.380. The molecule has 1 aliphatic heterocycles. The number of hydrogen-bond donors (Lipinski definition) is 1. The molecular formula is C25H15ClFN3O3. The number of amides is 1. The Morgan fingerprint density at radius 2 is 1.82 bits per heavy atom. The van der Waals surface area contributed by atoms with E-state index in [1.807, 2.05) is 6.07 Å². The molecule has 4 aromatic rings. The fourth-order valence-electron chi connectivity index (χ4n) is 3.26. The maximum absolute atomic E-state index is 13.5. The minimum atomic E-state index is -0.362. The summed E-state index contributed by atoms with van der Waals surface area (Å²) in [6, 6.07) is 18.3. The van der Waals surface area contributed by atoms with Gasteiger partial charge in [-0.1, -0.05) is 35.9 Å². The summed E-state index contributed by atoms with van der Waals surface area (Å²) in [5.74, 6) is 1.46. The molecule has 0 radical (unpaired) electrons. The van der Waals surface area contributed by atoms with Gasteiger partial charge >= 0.3 is 0 Å². The summed E-state index contributed by atoms with van der Waals surface area (Å²) < 4.78 is 25.0. The molecule has 1 N–H and O–H groups in total. The number of pyridine rings is 1. The van der Waals surface area contributed by atoms with Crippen molar-refractivity contribution < 1.29 is 18.3 Å². The van der Waals surface area contributed by atoms with Crippen molar-refractivity contribution in [2.45, 2.75) is 0 Å². The van der Waals surface area contributed by atoms with Gasteiger partial charge in [0, 0.05) is 17.8 Å². The number of aromatic nitrogens is 1. The molecule has 0 saturated heterocycles. The van der Waals surface area contributed by atoms with Crippen molar-refractivity contribution in [3.8, 4) is 22.8 Å². The Morgan fingerprint density at radius 1 is 0.970 bits per heavy atom. The topological polar surface area (TPSA) is 76.7 Å². The number of nitrogens with one attached hydrogen (secondary N) is 1. The molecule has 0 bridgehead atoms. The number of benzene rings is 2. The van der Waals surface area contributed by atoms with Crippen molar-refractivity contribution in [2.24, 2.45) is 4.99 Å². The van der Waals surface area contributed by atoms with Crippen LogP contribution in [0.4, 0.5) is 4.39 Å². The normalized spacial score (nSPS) is 14.3. The van der Waals surface area contributed by atoms with Gasteiger partial charge in [-0.25, -0.2) is 9.38 Å². The lowest BCUT2D eigenvalue weighted by Gasteiger charge is -2.06. The second kappa shape index (κ2) is 8.72. The van der Waals surface area contributed by atoms with Crippen LogP contribution in [0, 0.1) is 5.82 Å². The number of carbonyl (C=O) groups excluding carboxylic acids is 1. The Bertz CT molecular complexity index is 1430. The van der Waals surface area contributed by atoms with Crippen LogP contribution in [0.15, 0.2) is 94.2 Å². The van der Waals surface area contributed by atoms with E-state index in [1.165, 1.54) is 18.3 Å². The third-order valence-electron chi connectivity index (χ3n) is 4.72. The lowest BCUT2D eigenvalue weighted by molar-refractivity contribution is -0.115. The van der Waals surface area contributed by atoms with Gasteiger partial charge in [-0.2, -0.15) is 0 Å². The molecule has 33 heavy (non-hydrogen) atoms. The van der Waals surface area contributed by atoms with Gasteiger partial charge in [-0.3, -0.25) is 9.78 Å². The van der Waals surface area contributed by atoms with E-state index in [9.17, 15) is 9.18 Å². The van der Waals surface area contributed by atoms with Crippen molar-refractivity contribution in [3.05, 3.63) is 107 Å². The first-order valence-corrected chi connectivity index (χ1v) is 10.3. The number of rotatable bonds is 5. The van der Waals surface area contributed by atoms with Crippen molar-refractivity contribution >= 4 is 29.4 Å². The van der Waals surface area contributed by atoms with Crippen molar-refractivity contribution in [1.29, 1.82) is 0 Å². The average molecular weight is 460 g/mol. The van der Waals surface area contributed by atoms with Crippen molar-refractivity contribution in [1.82, 2.24) is 10.3 Å². The smallest absolute Gasteiger partial charge is 0.275 e. The Morgan fingerprint density at radius 3 is 2.67 bits per heavy atom. The second-order valence-corrected chi connectivity index (χ2v) is 7.57. The lowest BCUT2D eigenvalue weighted by Crippen LogP contribution is -2.24. The average Bonchev–Trinajstić information content (AvgIpc) is 3.42. The van der Waals surface area contributed by atoms with E-state index < -0.39 is 0 Å².